The lowest BCUT2D eigenvalue weighted by atomic mass is 10.1. The molecule has 8 nitrogen and oxygen atoms in total. The van der Waals surface area contributed by atoms with E-state index in [1.165, 1.54) is 48.7 Å². The number of carboxylic acid groups (broad SMARTS) is 1. The van der Waals surface area contributed by atoms with E-state index in [1.807, 2.05) is 0 Å². The molecule has 4 rings (SSSR count). The van der Waals surface area contributed by atoms with Crippen LogP contribution in [0.15, 0.2) is 69.0 Å². The summed E-state index contributed by atoms with van der Waals surface area (Å²) in [6.07, 6.45) is 2.02. The highest BCUT2D eigenvalue weighted by Gasteiger charge is 2.26. The Hall–Kier alpha value is -3.24. The first kappa shape index (κ1) is 21.0. The third kappa shape index (κ3) is 4.04. The van der Waals surface area contributed by atoms with Crippen LogP contribution in [0.4, 0.5) is 11.5 Å². The van der Waals surface area contributed by atoms with Gasteiger partial charge >= 0.3 is 5.97 Å². The first-order valence-corrected chi connectivity index (χ1v) is 11.5. The molecule has 1 aromatic heterocycles. The number of carbonyl (C=O) groups excluding carboxylic acids is 1. The predicted molar refractivity (Wildman–Crippen MR) is 117 cm³/mol. The minimum atomic E-state index is -3.78. The number of anilines is 2. The fraction of sp³-hybridized carbons (Fsp3) is 0.0952. The Balaban J connectivity index is 1.60. The highest BCUT2D eigenvalue weighted by atomic mass is 79.9. The summed E-state index contributed by atoms with van der Waals surface area (Å²) in [6, 6.07) is 11.4. The number of sulfone groups is 1. The summed E-state index contributed by atoms with van der Waals surface area (Å²) in [7, 11) is -3.78. The smallest absolute Gasteiger partial charge is 0.337 e. The van der Waals surface area contributed by atoms with Crippen molar-refractivity contribution >= 4 is 49.1 Å². The van der Waals surface area contributed by atoms with Crippen LogP contribution in [0.25, 0.3) is 0 Å². The zero-order valence-corrected chi connectivity index (χ0v) is 18.3. The van der Waals surface area contributed by atoms with Gasteiger partial charge in [-0.3, -0.25) is 4.79 Å². The fourth-order valence-corrected chi connectivity index (χ4v) is 5.21. The van der Waals surface area contributed by atoms with Crippen molar-refractivity contribution in [2.75, 3.05) is 17.2 Å². The molecule has 0 spiro atoms. The summed E-state index contributed by atoms with van der Waals surface area (Å²) in [5, 5.41) is 14.9. The Labute approximate surface area is 186 Å². The molecule has 0 atom stereocenters. The molecule has 0 radical (unpaired) electrons. The van der Waals surface area contributed by atoms with E-state index in [9.17, 15) is 23.1 Å². The Morgan fingerprint density at radius 2 is 1.84 bits per heavy atom. The van der Waals surface area contributed by atoms with E-state index in [0.29, 0.717) is 28.8 Å². The van der Waals surface area contributed by atoms with Gasteiger partial charge in [0.15, 0.2) is 0 Å². The Bertz CT molecular complexity index is 1310. The summed E-state index contributed by atoms with van der Waals surface area (Å²) in [6.45, 7) is 0.627. The molecule has 31 heavy (non-hydrogen) atoms. The molecule has 3 N–H and O–H groups in total. The lowest BCUT2D eigenvalue weighted by Crippen LogP contribution is -2.15. The van der Waals surface area contributed by atoms with Crippen molar-refractivity contribution in [1.29, 1.82) is 0 Å². The maximum atomic E-state index is 13.1. The largest absolute Gasteiger partial charge is 0.478 e. The molecular formula is C21H16BrN3O5S. The summed E-state index contributed by atoms with van der Waals surface area (Å²) in [4.78, 5) is 28.4. The van der Waals surface area contributed by atoms with Gasteiger partial charge in [-0.25, -0.2) is 18.2 Å². The monoisotopic (exact) mass is 501 g/mol. The van der Waals surface area contributed by atoms with Gasteiger partial charge in [0.2, 0.25) is 9.84 Å². The van der Waals surface area contributed by atoms with Crippen molar-refractivity contribution in [2.45, 2.75) is 16.2 Å². The summed E-state index contributed by atoms with van der Waals surface area (Å²) < 4.78 is 26.7. The minimum absolute atomic E-state index is 0.0548. The molecule has 158 valence electrons. The van der Waals surface area contributed by atoms with Gasteiger partial charge in [-0.05, 0) is 55.0 Å². The number of nitrogens with zero attached hydrogens (tertiary/aromatic N) is 1. The van der Waals surface area contributed by atoms with Crippen LogP contribution in [0.2, 0.25) is 0 Å². The number of pyridine rings is 1. The standard InChI is InChI=1S/C21H16BrN3O5S/c22-13-3-6-17(16(11-13)21(27)28)25-20(26)12-1-4-14(5-2-12)31(29,30)18-8-10-24-19-15(18)7-9-23-19/h1-6,8,10-11H,7,9H2,(H,23,24)(H,25,26)(H,27,28). The average molecular weight is 502 g/mol. The number of hydrogen-bond donors (Lipinski definition) is 3. The molecule has 0 bridgehead atoms. The SMILES string of the molecule is O=C(Nc1ccc(Br)cc1C(=O)O)c1ccc(S(=O)(=O)c2ccnc3c2CCN3)cc1. The molecule has 2 heterocycles. The van der Waals surface area contributed by atoms with Crippen molar-refractivity contribution in [3.05, 3.63) is 75.9 Å². The van der Waals surface area contributed by atoms with Crippen LogP contribution in [-0.2, 0) is 16.3 Å². The van der Waals surface area contributed by atoms with E-state index in [1.54, 1.807) is 6.07 Å². The third-order valence-corrected chi connectivity index (χ3v) is 7.20. The van der Waals surface area contributed by atoms with Gasteiger partial charge in [0.05, 0.1) is 21.0 Å². The molecule has 0 unspecified atom stereocenters. The van der Waals surface area contributed by atoms with E-state index in [4.69, 9.17) is 0 Å². The molecule has 0 saturated carbocycles. The number of nitrogens with one attached hydrogen (secondary N) is 2. The van der Waals surface area contributed by atoms with E-state index in [-0.39, 0.29) is 26.6 Å². The van der Waals surface area contributed by atoms with Crippen LogP contribution in [0.3, 0.4) is 0 Å². The molecule has 0 saturated heterocycles. The number of amides is 1. The second-order valence-electron chi connectivity index (χ2n) is 6.79. The van der Waals surface area contributed by atoms with Crippen LogP contribution in [-0.4, -0.2) is 36.9 Å². The topological polar surface area (TPSA) is 125 Å². The van der Waals surface area contributed by atoms with Crippen LogP contribution < -0.4 is 10.6 Å². The molecule has 0 fully saturated rings. The number of carboxylic acids is 1. The maximum Gasteiger partial charge on any atom is 0.337 e. The number of hydrogen-bond acceptors (Lipinski definition) is 6. The minimum Gasteiger partial charge on any atom is -0.478 e. The Kier molecular flexibility index (Phi) is 5.50. The quantitative estimate of drug-likeness (QED) is 0.487. The van der Waals surface area contributed by atoms with Crippen molar-refractivity contribution in [3.8, 4) is 0 Å². The fourth-order valence-electron chi connectivity index (χ4n) is 3.34. The molecule has 2 aromatic carbocycles. The van der Waals surface area contributed by atoms with Crippen molar-refractivity contribution in [1.82, 2.24) is 4.98 Å². The van der Waals surface area contributed by atoms with Gasteiger partial charge < -0.3 is 15.7 Å². The van der Waals surface area contributed by atoms with Crippen molar-refractivity contribution < 1.29 is 23.1 Å². The summed E-state index contributed by atoms with van der Waals surface area (Å²) in [5.74, 6) is -1.17. The Morgan fingerprint density at radius 3 is 2.55 bits per heavy atom. The highest BCUT2D eigenvalue weighted by Crippen LogP contribution is 2.31. The second kappa shape index (κ2) is 8.12. The number of fused-ring (bicyclic) bond motifs is 1. The molecular weight excluding hydrogens is 486 g/mol. The third-order valence-electron chi connectivity index (χ3n) is 4.86. The summed E-state index contributed by atoms with van der Waals surface area (Å²) >= 11 is 3.20. The average Bonchev–Trinajstić information content (AvgIpc) is 3.23. The van der Waals surface area contributed by atoms with Gasteiger partial charge in [-0.2, -0.15) is 0 Å². The maximum absolute atomic E-state index is 13.1. The lowest BCUT2D eigenvalue weighted by Gasteiger charge is -2.11. The van der Waals surface area contributed by atoms with Crippen LogP contribution in [0.5, 0.6) is 0 Å². The van der Waals surface area contributed by atoms with Crippen molar-refractivity contribution in [3.63, 3.8) is 0 Å². The predicted octanol–water partition coefficient (Wildman–Crippen LogP) is 3.60. The molecule has 1 aliphatic heterocycles. The number of aromatic nitrogens is 1. The lowest BCUT2D eigenvalue weighted by molar-refractivity contribution is 0.0698. The number of rotatable bonds is 5. The van der Waals surface area contributed by atoms with E-state index < -0.39 is 21.7 Å². The van der Waals surface area contributed by atoms with Gasteiger partial charge in [0.25, 0.3) is 5.91 Å². The zero-order chi connectivity index (χ0) is 22.2. The van der Waals surface area contributed by atoms with Crippen LogP contribution in [0.1, 0.15) is 26.3 Å². The number of benzene rings is 2. The normalized spacial score (nSPS) is 12.7. The van der Waals surface area contributed by atoms with E-state index in [2.05, 4.69) is 31.5 Å². The van der Waals surface area contributed by atoms with Gasteiger partial charge in [0.1, 0.15) is 5.82 Å². The van der Waals surface area contributed by atoms with E-state index in [0.717, 1.165) is 0 Å². The number of aromatic carboxylic acids is 1. The van der Waals surface area contributed by atoms with Gasteiger partial charge in [-0.15, -0.1) is 0 Å². The molecule has 3 aromatic rings. The van der Waals surface area contributed by atoms with Crippen molar-refractivity contribution in [2.24, 2.45) is 0 Å². The molecule has 10 heteroatoms. The number of carbonyl (C=O) groups is 2. The molecule has 0 aliphatic carbocycles. The first-order valence-electron chi connectivity index (χ1n) is 9.18. The second-order valence-corrected chi connectivity index (χ2v) is 9.62. The number of halogens is 1. The highest BCUT2D eigenvalue weighted by molar-refractivity contribution is 9.10. The van der Waals surface area contributed by atoms with Crippen LogP contribution in [0, 0.1) is 0 Å². The molecule has 1 amide bonds. The molecule has 1 aliphatic rings. The van der Waals surface area contributed by atoms with E-state index >= 15 is 0 Å². The zero-order valence-electron chi connectivity index (χ0n) is 15.9. The van der Waals surface area contributed by atoms with Crippen LogP contribution >= 0.6 is 15.9 Å². The Morgan fingerprint density at radius 1 is 1.10 bits per heavy atom. The summed E-state index contributed by atoms with van der Waals surface area (Å²) in [5.41, 5.74) is 0.917. The first-order chi connectivity index (χ1) is 14.8. The van der Waals surface area contributed by atoms with Gasteiger partial charge in [-0.1, -0.05) is 15.9 Å². The van der Waals surface area contributed by atoms with Gasteiger partial charge in [0, 0.05) is 28.3 Å².